The van der Waals surface area contributed by atoms with Crippen LogP contribution in [0.15, 0.2) is 47.4 Å². The Morgan fingerprint density at radius 1 is 1.12 bits per heavy atom. The monoisotopic (exact) mass is 382 g/mol. The number of phenols is 1. The Bertz CT molecular complexity index is 905. The second kappa shape index (κ2) is 7.03. The van der Waals surface area contributed by atoms with Crippen molar-refractivity contribution in [3.63, 3.8) is 0 Å². The van der Waals surface area contributed by atoms with E-state index in [0.717, 1.165) is 0 Å². The van der Waals surface area contributed by atoms with E-state index in [2.05, 4.69) is 10.0 Å². The number of aromatic hydroxyl groups is 1. The van der Waals surface area contributed by atoms with Gasteiger partial charge < -0.3 is 10.4 Å². The fourth-order valence-electron chi connectivity index (χ4n) is 2.10. The summed E-state index contributed by atoms with van der Waals surface area (Å²) in [6, 6.07) is 10.0. The van der Waals surface area contributed by atoms with Gasteiger partial charge in [0.05, 0.1) is 5.02 Å². The largest absolute Gasteiger partial charge is 0.508 e. The fourth-order valence-corrected chi connectivity index (χ4v) is 4.04. The van der Waals surface area contributed by atoms with Crippen LogP contribution in [0.4, 0.5) is 5.69 Å². The van der Waals surface area contributed by atoms with Crippen molar-refractivity contribution in [3.8, 4) is 5.75 Å². The zero-order valence-corrected chi connectivity index (χ0v) is 15.6. The molecule has 8 heteroatoms. The highest BCUT2D eigenvalue weighted by molar-refractivity contribution is 7.89. The van der Waals surface area contributed by atoms with Crippen molar-refractivity contribution >= 4 is 33.2 Å². The summed E-state index contributed by atoms with van der Waals surface area (Å²) in [6.07, 6.45) is 0. The molecule has 0 fully saturated rings. The zero-order chi connectivity index (χ0) is 18.8. The second-order valence-corrected chi connectivity index (χ2v) is 8.56. The van der Waals surface area contributed by atoms with Crippen LogP contribution < -0.4 is 10.0 Å². The molecule has 1 amide bonds. The number of sulfonamides is 1. The molecule has 0 unspecified atom stereocenters. The molecule has 0 saturated carbocycles. The van der Waals surface area contributed by atoms with Crippen LogP contribution in [0, 0.1) is 0 Å². The first-order valence-electron chi connectivity index (χ1n) is 7.42. The molecule has 0 aromatic heterocycles. The van der Waals surface area contributed by atoms with Crippen LogP contribution in [0.3, 0.4) is 0 Å². The van der Waals surface area contributed by atoms with Crippen LogP contribution in [0.1, 0.15) is 31.1 Å². The number of carbonyl (C=O) groups excluding carboxylic acids is 1. The van der Waals surface area contributed by atoms with Gasteiger partial charge in [-0.15, -0.1) is 0 Å². The van der Waals surface area contributed by atoms with Gasteiger partial charge in [-0.25, -0.2) is 13.1 Å². The second-order valence-electron chi connectivity index (χ2n) is 6.51. The quantitative estimate of drug-likeness (QED) is 0.755. The van der Waals surface area contributed by atoms with Crippen LogP contribution >= 0.6 is 11.6 Å². The van der Waals surface area contributed by atoms with Crippen molar-refractivity contribution in [1.29, 1.82) is 0 Å². The van der Waals surface area contributed by atoms with Crippen molar-refractivity contribution in [1.82, 2.24) is 4.72 Å². The van der Waals surface area contributed by atoms with Crippen LogP contribution in [-0.4, -0.2) is 25.0 Å². The van der Waals surface area contributed by atoms with Gasteiger partial charge in [-0.1, -0.05) is 17.7 Å². The molecule has 0 spiro atoms. The van der Waals surface area contributed by atoms with Crippen molar-refractivity contribution in [3.05, 3.63) is 53.1 Å². The molecule has 3 N–H and O–H groups in total. The highest BCUT2D eigenvalue weighted by Gasteiger charge is 2.25. The minimum Gasteiger partial charge on any atom is -0.508 e. The van der Waals surface area contributed by atoms with E-state index >= 15 is 0 Å². The van der Waals surface area contributed by atoms with Gasteiger partial charge in [0.25, 0.3) is 5.91 Å². The first kappa shape index (κ1) is 19.2. The molecule has 2 aromatic rings. The minimum atomic E-state index is -3.89. The van der Waals surface area contributed by atoms with E-state index in [1.165, 1.54) is 30.3 Å². The van der Waals surface area contributed by atoms with Gasteiger partial charge in [-0.05, 0) is 51.1 Å². The lowest BCUT2D eigenvalue weighted by molar-refractivity contribution is 0.102. The lowest BCUT2D eigenvalue weighted by Crippen LogP contribution is -2.40. The SMILES string of the molecule is CC(C)(C)NS(=O)(=O)c1cc(C(=O)Nc2cccc(O)c2)ccc1Cl. The first-order valence-corrected chi connectivity index (χ1v) is 9.28. The number of halogens is 1. The van der Waals surface area contributed by atoms with Crippen LogP contribution in [0.25, 0.3) is 0 Å². The fraction of sp³-hybridized carbons (Fsp3) is 0.235. The van der Waals surface area contributed by atoms with E-state index in [9.17, 15) is 18.3 Å². The van der Waals surface area contributed by atoms with Gasteiger partial charge in [0.2, 0.25) is 10.0 Å². The van der Waals surface area contributed by atoms with E-state index in [1.54, 1.807) is 32.9 Å². The van der Waals surface area contributed by atoms with Crippen LogP contribution in [0.2, 0.25) is 5.02 Å². The third-order valence-corrected chi connectivity index (χ3v) is 5.27. The van der Waals surface area contributed by atoms with E-state index < -0.39 is 21.5 Å². The highest BCUT2D eigenvalue weighted by atomic mass is 35.5. The van der Waals surface area contributed by atoms with Gasteiger partial charge in [0.1, 0.15) is 10.6 Å². The summed E-state index contributed by atoms with van der Waals surface area (Å²) in [5, 5.41) is 12.0. The number of benzene rings is 2. The Labute approximate surface area is 151 Å². The predicted molar refractivity (Wildman–Crippen MR) is 97.6 cm³/mol. The Morgan fingerprint density at radius 3 is 2.40 bits per heavy atom. The smallest absolute Gasteiger partial charge is 0.255 e. The first-order chi connectivity index (χ1) is 11.5. The molecule has 0 saturated heterocycles. The Kier molecular flexibility index (Phi) is 5.41. The average molecular weight is 383 g/mol. The average Bonchev–Trinajstić information content (AvgIpc) is 2.44. The van der Waals surface area contributed by atoms with Gasteiger partial charge in [0.15, 0.2) is 0 Å². The van der Waals surface area contributed by atoms with Crippen LogP contribution in [0.5, 0.6) is 5.75 Å². The molecule has 0 bridgehead atoms. The summed E-state index contributed by atoms with van der Waals surface area (Å²) in [7, 11) is -3.89. The Balaban J connectivity index is 2.33. The zero-order valence-electron chi connectivity index (χ0n) is 14.0. The summed E-state index contributed by atoms with van der Waals surface area (Å²) in [5.74, 6) is -0.513. The Hall–Kier alpha value is -2.09. The number of hydrogen-bond acceptors (Lipinski definition) is 4. The van der Waals surface area contributed by atoms with E-state index in [-0.39, 0.29) is 21.2 Å². The molecular formula is C17H19ClN2O4S. The maximum absolute atomic E-state index is 12.5. The molecule has 25 heavy (non-hydrogen) atoms. The molecular weight excluding hydrogens is 364 g/mol. The van der Waals surface area contributed by atoms with Crippen molar-refractivity contribution < 1.29 is 18.3 Å². The highest BCUT2D eigenvalue weighted by Crippen LogP contribution is 2.25. The molecule has 0 heterocycles. The molecule has 134 valence electrons. The lowest BCUT2D eigenvalue weighted by Gasteiger charge is -2.21. The summed E-state index contributed by atoms with van der Waals surface area (Å²) in [4.78, 5) is 12.2. The number of hydrogen-bond donors (Lipinski definition) is 3. The van der Waals surface area contributed by atoms with E-state index in [4.69, 9.17) is 11.6 Å². The number of carbonyl (C=O) groups is 1. The molecule has 2 rings (SSSR count). The van der Waals surface area contributed by atoms with E-state index in [0.29, 0.717) is 5.69 Å². The predicted octanol–water partition coefficient (Wildman–Crippen LogP) is 3.37. The van der Waals surface area contributed by atoms with Gasteiger partial charge in [0, 0.05) is 22.9 Å². The third kappa shape index (κ3) is 5.19. The summed E-state index contributed by atoms with van der Waals surface area (Å²) < 4.78 is 27.5. The topological polar surface area (TPSA) is 95.5 Å². The lowest BCUT2D eigenvalue weighted by atomic mass is 10.1. The molecule has 0 aliphatic rings. The number of phenolic OH excluding ortho intramolecular Hbond substituents is 1. The van der Waals surface area contributed by atoms with Gasteiger partial charge in [-0.2, -0.15) is 0 Å². The number of amides is 1. The van der Waals surface area contributed by atoms with Crippen LogP contribution in [-0.2, 0) is 10.0 Å². The van der Waals surface area contributed by atoms with E-state index in [1.807, 2.05) is 0 Å². The molecule has 0 radical (unpaired) electrons. The number of anilines is 1. The summed E-state index contributed by atoms with van der Waals surface area (Å²) in [5.41, 5.74) is -0.179. The van der Waals surface area contributed by atoms with Gasteiger partial charge in [-0.3, -0.25) is 4.79 Å². The maximum Gasteiger partial charge on any atom is 0.255 e. The molecule has 6 nitrogen and oxygen atoms in total. The summed E-state index contributed by atoms with van der Waals surface area (Å²) >= 11 is 6.01. The Morgan fingerprint density at radius 2 is 1.80 bits per heavy atom. The number of nitrogens with one attached hydrogen (secondary N) is 2. The van der Waals surface area contributed by atoms with Crippen molar-refractivity contribution in [2.45, 2.75) is 31.2 Å². The third-order valence-electron chi connectivity index (χ3n) is 3.03. The number of rotatable bonds is 4. The summed E-state index contributed by atoms with van der Waals surface area (Å²) in [6.45, 7) is 5.12. The van der Waals surface area contributed by atoms with Crippen molar-refractivity contribution in [2.24, 2.45) is 0 Å². The van der Waals surface area contributed by atoms with Crippen molar-refractivity contribution in [2.75, 3.05) is 5.32 Å². The minimum absolute atomic E-state index is 0.00606. The molecule has 0 aliphatic heterocycles. The standard InChI is InChI=1S/C17H19ClN2O4S/c1-17(2,3)20-25(23,24)15-9-11(7-8-14(15)18)16(22)19-12-5-4-6-13(21)10-12/h4-10,20-21H,1-3H3,(H,19,22). The molecule has 0 atom stereocenters. The normalized spacial score (nSPS) is 12.0. The molecule has 2 aromatic carbocycles. The molecule has 0 aliphatic carbocycles. The maximum atomic E-state index is 12.5. The van der Waals surface area contributed by atoms with Gasteiger partial charge >= 0.3 is 0 Å².